The third-order valence-corrected chi connectivity index (χ3v) is 4.22. The first kappa shape index (κ1) is 12.3. The summed E-state index contributed by atoms with van der Waals surface area (Å²) in [5.41, 5.74) is 1.86. The van der Waals surface area contributed by atoms with Gasteiger partial charge in [0.05, 0.1) is 17.9 Å². The molecule has 3 heterocycles. The van der Waals surface area contributed by atoms with Gasteiger partial charge in [0, 0.05) is 19.3 Å². The summed E-state index contributed by atoms with van der Waals surface area (Å²) < 4.78 is 5.78. The number of aromatic nitrogens is 4. The van der Waals surface area contributed by atoms with E-state index in [0.717, 1.165) is 18.5 Å². The van der Waals surface area contributed by atoms with Crippen LogP contribution in [0.3, 0.4) is 0 Å². The number of aryl methyl sites for hydroxylation is 2. The van der Waals surface area contributed by atoms with Gasteiger partial charge in [-0.1, -0.05) is 4.49 Å². The monoisotopic (exact) mass is 277 g/mol. The smallest absolute Gasteiger partial charge is 0.267 e. The highest BCUT2D eigenvalue weighted by Gasteiger charge is 2.30. The fourth-order valence-electron chi connectivity index (χ4n) is 2.35. The molecule has 0 saturated carbocycles. The highest BCUT2D eigenvalue weighted by atomic mass is 32.1. The van der Waals surface area contributed by atoms with Gasteiger partial charge in [0.15, 0.2) is 0 Å². The van der Waals surface area contributed by atoms with Crippen molar-refractivity contribution >= 4 is 17.4 Å². The lowest BCUT2D eigenvalue weighted by molar-refractivity contribution is 0.0791. The topological polar surface area (TPSA) is 63.9 Å². The van der Waals surface area contributed by atoms with E-state index >= 15 is 0 Å². The van der Waals surface area contributed by atoms with Crippen LogP contribution in [0.1, 0.15) is 33.4 Å². The van der Waals surface area contributed by atoms with Crippen molar-refractivity contribution < 1.29 is 4.79 Å². The fourth-order valence-corrected chi connectivity index (χ4v) is 2.97. The highest BCUT2D eigenvalue weighted by Crippen LogP contribution is 2.24. The van der Waals surface area contributed by atoms with Crippen molar-refractivity contribution in [1.29, 1.82) is 0 Å². The van der Waals surface area contributed by atoms with Gasteiger partial charge in [0.1, 0.15) is 4.88 Å². The summed E-state index contributed by atoms with van der Waals surface area (Å²) in [7, 11) is 0. The molecule has 6 nitrogen and oxygen atoms in total. The maximum atomic E-state index is 12.3. The number of rotatable bonds is 2. The maximum absolute atomic E-state index is 12.3. The third kappa shape index (κ3) is 2.25. The van der Waals surface area contributed by atoms with E-state index in [9.17, 15) is 4.79 Å². The molecule has 1 aliphatic heterocycles. The molecule has 3 rings (SSSR count). The van der Waals surface area contributed by atoms with Gasteiger partial charge in [-0.15, -0.1) is 5.10 Å². The number of amides is 1. The number of likely N-dealkylation sites (tertiary alicyclic amines) is 1. The molecule has 0 aliphatic carbocycles. The summed E-state index contributed by atoms with van der Waals surface area (Å²) in [4.78, 5) is 14.9. The SMILES string of the molecule is Cc1cnn(C2CCN(C(=O)c3snnc3C)C2)c1. The lowest BCUT2D eigenvalue weighted by Crippen LogP contribution is -2.29. The summed E-state index contributed by atoms with van der Waals surface area (Å²) in [6.45, 7) is 5.31. The zero-order chi connectivity index (χ0) is 13.4. The molecular formula is C12H15N5OS. The Morgan fingerprint density at radius 3 is 2.95 bits per heavy atom. The zero-order valence-corrected chi connectivity index (χ0v) is 11.7. The molecule has 1 fully saturated rings. The van der Waals surface area contributed by atoms with Gasteiger partial charge in [-0.25, -0.2) is 0 Å². The molecule has 1 saturated heterocycles. The van der Waals surface area contributed by atoms with Gasteiger partial charge in [0.2, 0.25) is 0 Å². The minimum Gasteiger partial charge on any atom is -0.336 e. The third-order valence-electron chi connectivity index (χ3n) is 3.40. The van der Waals surface area contributed by atoms with Crippen molar-refractivity contribution in [3.05, 3.63) is 28.5 Å². The molecule has 1 unspecified atom stereocenters. The first-order chi connectivity index (χ1) is 9.15. The second-order valence-corrected chi connectivity index (χ2v) is 5.63. The van der Waals surface area contributed by atoms with Crippen molar-refractivity contribution in [3.8, 4) is 0 Å². The summed E-state index contributed by atoms with van der Waals surface area (Å²) in [5, 5.41) is 8.22. The number of carbonyl (C=O) groups excluding carboxylic acids is 1. The van der Waals surface area contributed by atoms with E-state index < -0.39 is 0 Å². The van der Waals surface area contributed by atoms with Crippen LogP contribution in [0.2, 0.25) is 0 Å². The van der Waals surface area contributed by atoms with Crippen LogP contribution in [0.4, 0.5) is 0 Å². The molecule has 1 atom stereocenters. The van der Waals surface area contributed by atoms with Crippen molar-refractivity contribution in [3.63, 3.8) is 0 Å². The summed E-state index contributed by atoms with van der Waals surface area (Å²) in [5.74, 6) is 0.0406. The van der Waals surface area contributed by atoms with Gasteiger partial charge in [0.25, 0.3) is 5.91 Å². The van der Waals surface area contributed by atoms with E-state index in [4.69, 9.17) is 0 Å². The molecule has 0 radical (unpaired) electrons. The van der Waals surface area contributed by atoms with Gasteiger partial charge in [-0.05, 0) is 37.4 Å². The predicted octanol–water partition coefficient (Wildman–Crippen LogP) is 1.44. The molecule has 19 heavy (non-hydrogen) atoms. The van der Waals surface area contributed by atoms with Crippen LogP contribution >= 0.6 is 11.5 Å². The molecule has 1 aliphatic rings. The standard InChI is InChI=1S/C12H15N5OS/c1-8-5-13-17(6-8)10-3-4-16(7-10)12(18)11-9(2)14-15-19-11/h5-6,10H,3-4,7H2,1-2H3. The first-order valence-corrected chi connectivity index (χ1v) is 7.01. The van der Waals surface area contributed by atoms with Crippen LogP contribution in [0.15, 0.2) is 12.4 Å². The Morgan fingerprint density at radius 1 is 1.47 bits per heavy atom. The molecule has 2 aromatic rings. The Morgan fingerprint density at radius 2 is 2.32 bits per heavy atom. The van der Waals surface area contributed by atoms with Crippen LogP contribution in [0.25, 0.3) is 0 Å². The molecule has 0 aromatic carbocycles. The first-order valence-electron chi connectivity index (χ1n) is 6.24. The molecule has 0 spiro atoms. The average molecular weight is 277 g/mol. The molecular weight excluding hydrogens is 262 g/mol. The second-order valence-electron chi connectivity index (χ2n) is 4.88. The van der Waals surface area contributed by atoms with Crippen LogP contribution in [0.5, 0.6) is 0 Å². The van der Waals surface area contributed by atoms with Gasteiger partial charge < -0.3 is 4.90 Å². The lowest BCUT2D eigenvalue weighted by atomic mass is 10.3. The van der Waals surface area contributed by atoms with Crippen LogP contribution in [-0.4, -0.2) is 43.3 Å². The molecule has 0 bridgehead atoms. The Hall–Kier alpha value is -1.76. The Balaban J connectivity index is 1.72. The summed E-state index contributed by atoms with van der Waals surface area (Å²) in [6, 6.07) is 0.277. The van der Waals surface area contributed by atoms with Crippen molar-refractivity contribution in [1.82, 2.24) is 24.3 Å². The molecule has 7 heteroatoms. The lowest BCUT2D eigenvalue weighted by Gasteiger charge is -2.15. The second kappa shape index (κ2) is 4.73. The normalized spacial score (nSPS) is 19.1. The van der Waals surface area contributed by atoms with Crippen molar-refractivity contribution in [2.24, 2.45) is 0 Å². The van der Waals surface area contributed by atoms with Gasteiger partial charge >= 0.3 is 0 Å². The largest absolute Gasteiger partial charge is 0.336 e. The van der Waals surface area contributed by atoms with Crippen molar-refractivity contribution in [2.45, 2.75) is 26.3 Å². The molecule has 2 aromatic heterocycles. The van der Waals surface area contributed by atoms with Gasteiger partial charge in [-0.3, -0.25) is 9.48 Å². The van der Waals surface area contributed by atoms with Crippen LogP contribution in [0, 0.1) is 13.8 Å². The van der Waals surface area contributed by atoms with Gasteiger partial charge in [-0.2, -0.15) is 5.10 Å². The number of hydrogen-bond donors (Lipinski definition) is 0. The van der Waals surface area contributed by atoms with Crippen molar-refractivity contribution in [2.75, 3.05) is 13.1 Å². The number of nitrogens with zero attached hydrogens (tertiary/aromatic N) is 5. The van der Waals surface area contributed by atoms with E-state index in [1.165, 1.54) is 11.5 Å². The Bertz CT molecular complexity index is 605. The molecule has 1 amide bonds. The number of carbonyl (C=O) groups is 1. The zero-order valence-electron chi connectivity index (χ0n) is 10.9. The number of hydrogen-bond acceptors (Lipinski definition) is 5. The molecule has 100 valence electrons. The maximum Gasteiger partial charge on any atom is 0.267 e. The minimum atomic E-state index is 0.0406. The van der Waals surface area contributed by atoms with E-state index in [2.05, 4.69) is 14.7 Å². The van der Waals surface area contributed by atoms with Crippen LogP contribution < -0.4 is 0 Å². The summed E-state index contributed by atoms with van der Waals surface area (Å²) >= 11 is 1.17. The fraction of sp³-hybridized carbons (Fsp3) is 0.500. The molecule has 0 N–H and O–H groups in total. The average Bonchev–Trinajstić information content (AvgIpc) is 3.07. The predicted molar refractivity (Wildman–Crippen MR) is 71.2 cm³/mol. The van der Waals surface area contributed by atoms with E-state index in [-0.39, 0.29) is 11.9 Å². The Kier molecular flexibility index (Phi) is 3.06. The minimum absolute atomic E-state index is 0.0406. The highest BCUT2D eigenvalue weighted by molar-refractivity contribution is 7.07. The Labute approximate surface area is 115 Å². The quantitative estimate of drug-likeness (QED) is 0.833. The van der Waals surface area contributed by atoms with E-state index in [1.54, 1.807) is 0 Å². The van der Waals surface area contributed by atoms with E-state index in [0.29, 0.717) is 17.1 Å². The van der Waals surface area contributed by atoms with Crippen LogP contribution in [-0.2, 0) is 0 Å². The summed E-state index contributed by atoms with van der Waals surface area (Å²) in [6.07, 6.45) is 4.82. The van der Waals surface area contributed by atoms with E-state index in [1.807, 2.05) is 35.8 Å².